The summed E-state index contributed by atoms with van der Waals surface area (Å²) in [6, 6.07) is 6.63. The SMILES string of the molecule is Cc1ccc(C)c(CCCOc2nsnc2C2=CCCN(C)C2)c1.O=C(O)C(=O)O. The molecule has 162 valence electrons. The van der Waals surface area contributed by atoms with Crippen LogP contribution in [0.3, 0.4) is 0 Å². The number of carboxylic acids is 2. The third-order valence-corrected chi connectivity index (χ3v) is 5.13. The second kappa shape index (κ2) is 11.4. The molecule has 0 saturated carbocycles. The number of carbonyl (C=O) groups is 2. The summed E-state index contributed by atoms with van der Waals surface area (Å²) in [5.41, 5.74) is 6.25. The van der Waals surface area contributed by atoms with Gasteiger partial charge < -0.3 is 19.8 Å². The fourth-order valence-corrected chi connectivity index (χ4v) is 3.57. The van der Waals surface area contributed by atoms with E-state index in [1.807, 2.05) is 0 Å². The van der Waals surface area contributed by atoms with Crippen molar-refractivity contribution in [3.05, 3.63) is 46.7 Å². The van der Waals surface area contributed by atoms with Gasteiger partial charge in [0.15, 0.2) is 0 Å². The first kappa shape index (κ1) is 23.5. The van der Waals surface area contributed by atoms with Crippen molar-refractivity contribution < 1.29 is 24.5 Å². The normalized spacial score (nSPS) is 13.8. The first-order chi connectivity index (χ1) is 14.3. The van der Waals surface area contributed by atoms with E-state index >= 15 is 0 Å². The molecular weight excluding hydrogens is 406 g/mol. The van der Waals surface area contributed by atoms with Crippen molar-refractivity contribution in [1.29, 1.82) is 0 Å². The molecule has 3 rings (SSSR count). The molecule has 0 radical (unpaired) electrons. The molecule has 2 N–H and O–H groups in total. The minimum absolute atomic E-state index is 0.676. The summed E-state index contributed by atoms with van der Waals surface area (Å²) < 4.78 is 14.7. The minimum atomic E-state index is -1.82. The average molecular weight is 434 g/mol. The fraction of sp³-hybridized carbons (Fsp3) is 0.429. The number of benzene rings is 1. The van der Waals surface area contributed by atoms with Crippen LogP contribution in [0.15, 0.2) is 24.3 Å². The van der Waals surface area contributed by atoms with E-state index in [-0.39, 0.29) is 0 Å². The van der Waals surface area contributed by atoms with Gasteiger partial charge >= 0.3 is 11.9 Å². The summed E-state index contributed by atoms with van der Waals surface area (Å²) in [4.78, 5) is 20.5. The number of rotatable bonds is 6. The molecule has 8 nitrogen and oxygen atoms in total. The number of carboxylic acid groups (broad SMARTS) is 2. The highest BCUT2D eigenvalue weighted by atomic mass is 32.1. The van der Waals surface area contributed by atoms with Gasteiger partial charge in [-0.05, 0) is 56.9 Å². The van der Waals surface area contributed by atoms with Crippen molar-refractivity contribution in [2.24, 2.45) is 0 Å². The molecule has 0 unspecified atom stereocenters. The Morgan fingerprint density at radius 3 is 2.60 bits per heavy atom. The van der Waals surface area contributed by atoms with Crippen molar-refractivity contribution in [3.8, 4) is 5.88 Å². The molecule has 1 aromatic heterocycles. The Hall–Kier alpha value is -2.78. The number of aromatic nitrogens is 2. The van der Waals surface area contributed by atoms with E-state index in [1.165, 1.54) is 34.0 Å². The van der Waals surface area contributed by atoms with Gasteiger partial charge in [-0.25, -0.2) is 9.59 Å². The van der Waals surface area contributed by atoms with E-state index in [4.69, 9.17) is 24.5 Å². The topological polar surface area (TPSA) is 113 Å². The first-order valence-corrected chi connectivity index (χ1v) is 10.4. The lowest BCUT2D eigenvalue weighted by Crippen LogP contribution is -2.25. The summed E-state index contributed by atoms with van der Waals surface area (Å²) in [6.45, 7) is 7.01. The highest BCUT2D eigenvalue weighted by Gasteiger charge is 2.18. The molecule has 1 aromatic carbocycles. The lowest BCUT2D eigenvalue weighted by Gasteiger charge is -2.22. The van der Waals surface area contributed by atoms with E-state index in [9.17, 15) is 0 Å². The van der Waals surface area contributed by atoms with Crippen molar-refractivity contribution in [1.82, 2.24) is 13.6 Å². The smallest absolute Gasteiger partial charge is 0.414 e. The average Bonchev–Trinajstić information content (AvgIpc) is 3.17. The van der Waals surface area contributed by atoms with Gasteiger partial charge in [-0.1, -0.05) is 29.8 Å². The molecule has 1 aliphatic rings. The van der Waals surface area contributed by atoms with Crippen molar-refractivity contribution in [3.63, 3.8) is 0 Å². The zero-order chi connectivity index (χ0) is 22.1. The fourth-order valence-electron chi connectivity index (χ4n) is 3.04. The molecule has 0 aliphatic carbocycles. The van der Waals surface area contributed by atoms with Crippen LogP contribution in [0.2, 0.25) is 0 Å². The molecule has 0 saturated heterocycles. The van der Waals surface area contributed by atoms with Gasteiger partial charge in [-0.3, -0.25) is 0 Å². The van der Waals surface area contributed by atoms with E-state index in [0.717, 1.165) is 38.0 Å². The summed E-state index contributed by atoms with van der Waals surface area (Å²) in [5, 5.41) is 14.8. The quantitative estimate of drug-likeness (QED) is 0.528. The zero-order valence-electron chi connectivity index (χ0n) is 17.4. The Bertz CT molecular complexity index is 898. The van der Waals surface area contributed by atoms with Crippen molar-refractivity contribution in [2.75, 3.05) is 26.7 Å². The third kappa shape index (κ3) is 7.23. The van der Waals surface area contributed by atoms with Crippen molar-refractivity contribution in [2.45, 2.75) is 33.1 Å². The Labute approximate surface area is 180 Å². The Morgan fingerprint density at radius 2 is 1.93 bits per heavy atom. The lowest BCUT2D eigenvalue weighted by atomic mass is 10.0. The molecule has 0 amide bonds. The van der Waals surface area contributed by atoms with E-state index in [2.05, 4.69) is 58.8 Å². The summed E-state index contributed by atoms with van der Waals surface area (Å²) in [5.74, 6) is -2.95. The molecular formula is C21H27N3O5S. The summed E-state index contributed by atoms with van der Waals surface area (Å²) in [6.07, 6.45) is 5.35. The van der Waals surface area contributed by atoms with E-state index in [1.54, 1.807) is 0 Å². The number of hydrogen-bond donors (Lipinski definition) is 2. The predicted octanol–water partition coefficient (Wildman–Crippen LogP) is 3.04. The summed E-state index contributed by atoms with van der Waals surface area (Å²) in [7, 11) is 2.14. The maximum Gasteiger partial charge on any atom is 0.414 e. The zero-order valence-corrected chi connectivity index (χ0v) is 18.2. The van der Waals surface area contributed by atoms with Gasteiger partial charge in [0, 0.05) is 13.1 Å². The largest absolute Gasteiger partial charge is 0.475 e. The van der Waals surface area contributed by atoms with Crippen LogP contribution in [0.25, 0.3) is 5.57 Å². The maximum atomic E-state index is 9.10. The van der Waals surface area contributed by atoms with E-state index < -0.39 is 11.9 Å². The molecule has 0 fully saturated rings. The molecule has 2 heterocycles. The lowest BCUT2D eigenvalue weighted by molar-refractivity contribution is -0.159. The maximum absolute atomic E-state index is 9.10. The van der Waals surface area contributed by atoms with Gasteiger partial charge in [0.25, 0.3) is 5.88 Å². The number of ether oxygens (including phenoxy) is 1. The van der Waals surface area contributed by atoms with Crippen LogP contribution in [0.5, 0.6) is 5.88 Å². The van der Waals surface area contributed by atoms with Crippen LogP contribution in [-0.4, -0.2) is 62.5 Å². The van der Waals surface area contributed by atoms with Crippen LogP contribution >= 0.6 is 11.7 Å². The van der Waals surface area contributed by atoms with Gasteiger partial charge in [-0.2, -0.15) is 4.37 Å². The first-order valence-electron chi connectivity index (χ1n) is 9.63. The van der Waals surface area contributed by atoms with Crippen molar-refractivity contribution >= 4 is 29.2 Å². The number of nitrogens with zero attached hydrogens (tertiary/aromatic N) is 3. The van der Waals surface area contributed by atoms with Crippen LogP contribution in [0.4, 0.5) is 0 Å². The third-order valence-electron chi connectivity index (χ3n) is 4.62. The number of aryl methyl sites for hydroxylation is 3. The number of likely N-dealkylation sites (N-methyl/N-ethyl adjacent to an activating group) is 1. The van der Waals surface area contributed by atoms with Crippen LogP contribution in [0, 0.1) is 13.8 Å². The second-order valence-electron chi connectivity index (χ2n) is 7.17. The molecule has 0 atom stereocenters. The molecule has 1 aliphatic heterocycles. The van der Waals surface area contributed by atoms with Gasteiger partial charge in [0.1, 0.15) is 5.69 Å². The molecule has 2 aromatic rings. The molecule has 30 heavy (non-hydrogen) atoms. The van der Waals surface area contributed by atoms with E-state index in [0.29, 0.717) is 12.5 Å². The van der Waals surface area contributed by atoms with Crippen LogP contribution in [0.1, 0.15) is 35.2 Å². The van der Waals surface area contributed by atoms with Gasteiger partial charge in [-0.15, -0.1) is 4.37 Å². The molecule has 0 spiro atoms. The second-order valence-corrected chi connectivity index (χ2v) is 7.69. The Morgan fingerprint density at radius 1 is 1.20 bits per heavy atom. The number of aliphatic carboxylic acids is 2. The van der Waals surface area contributed by atoms with Crippen LogP contribution < -0.4 is 4.74 Å². The van der Waals surface area contributed by atoms with Gasteiger partial charge in [0.05, 0.1) is 18.3 Å². The minimum Gasteiger partial charge on any atom is -0.475 e. The summed E-state index contributed by atoms with van der Waals surface area (Å²) >= 11 is 1.24. The van der Waals surface area contributed by atoms with Gasteiger partial charge in [0.2, 0.25) is 0 Å². The molecule has 0 bridgehead atoms. The highest BCUT2D eigenvalue weighted by molar-refractivity contribution is 6.99. The highest BCUT2D eigenvalue weighted by Crippen LogP contribution is 2.27. The Kier molecular flexibility index (Phi) is 8.94. The number of hydrogen-bond acceptors (Lipinski definition) is 7. The monoisotopic (exact) mass is 433 g/mol. The predicted molar refractivity (Wildman–Crippen MR) is 115 cm³/mol. The standard InChI is InChI=1S/C19H25N3OS.C2H2O4/c1-14-8-9-15(2)16(12-14)7-5-11-23-19-18(20-24-21-19)17-6-4-10-22(3)13-17;3-1(4)2(5)6/h6,8-9,12H,4-5,7,10-11,13H2,1-3H3;(H,3,4)(H,5,6). The molecule has 9 heteroatoms. The van der Waals surface area contributed by atoms with Crippen LogP contribution in [-0.2, 0) is 16.0 Å². The Balaban J connectivity index is 0.000000469.